The molecule has 0 unspecified atom stereocenters. The molecule has 1 aliphatic rings. The average molecular weight is 291 g/mol. The van der Waals surface area contributed by atoms with Crippen LogP contribution in [0.3, 0.4) is 0 Å². The number of alkyl halides is 3. The lowest BCUT2D eigenvalue weighted by atomic mass is 10.2. The zero-order valence-corrected chi connectivity index (χ0v) is 11.2. The number of aromatic nitrogens is 1. The van der Waals surface area contributed by atoms with Crippen LogP contribution < -0.4 is 10.6 Å². The van der Waals surface area contributed by atoms with Gasteiger partial charge < -0.3 is 10.6 Å². The number of rotatable bonds is 2. The number of hydrogen-bond acceptors (Lipinski definition) is 4. The van der Waals surface area contributed by atoms with Crippen LogP contribution in [0.5, 0.6) is 0 Å². The van der Waals surface area contributed by atoms with Crippen molar-refractivity contribution in [3.8, 4) is 0 Å². The van der Waals surface area contributed by atoms with Crippen molar-refractivity contribution >= 4 is 17.6 Å². The zero-order valence-electron chi connectivity index (χ0n) is 10.4. The van der Waals surface area contributed by atoms with Gasteiger partial charge in [-0.15, -0.1) is 0 Å². The van der Waals surface area contributed by atoms with Gasteiger partial charge in [-0.05, 0) is 18.2 Å². The molecule has 0 radical (unpaired) electrons. The highest BCUT2D eigenvalue weighted by atomic mass is 32.2. The minimum Gasteiger partial charge on any atom is -0.355 e. The molecule has 0 saturated carbocycles. The monoisotopic (exact) mass is 291 g/mol. The van der Waals surface area contributed by atoms with Crippen molar-refractivity contribution in [1.82, 2.24) is 4.98 Å². The first-order valence-electron chi connectivity index (χ1n) is 6.12. The molecule has 1 aliphatic heterocycles. The normalized spacial score (nSPS) is 17.4. The van der Waals surface area contributed by atoms with E-state index >= 15 is 0 Å². The van der Waals surface area contributed by atoms with Crippen LogP contribution in [-0.2, 0) is 12.7 Å². The highest BCUT2D eigenvalue weighted by molar-refractivity contribution is 7.99. The van der Waals surface area contributed by atoms with Gasteiger partial charge in [0, 0.05) is 31.0 Å². The Hall–Kier alpha value is -0.950. The Morgan fingerprint density at radius 3 is 2.74 bits per heavy atom. The highest BCUT2D eigenvalue weighted by Crippen LogP contribution is 2.31. The van der Waals surface area contributed by atoms with Crippen LogP contribution in [0.2, 0.25) is 0 Å². The Balaban J connectivity index is 2.34. The molecule has 1 aromatic rings. The summed E-state index contributed by atoms with van der Waals surface area (Å²) in [6.45, 7) is 1.64. The van der Waals surface area contributed by atoms with Crippen molar-refractivity contribution in [3.63, 3.8) is 0 Å². The van der Waals surface area contributed by atoms with E-state index in [4.69, 9.17) is 5.73 Å². The second-order valence-electron chi connectivity index (χ2n) is 4.33. The van der Waals surface area contributed by atoms with Crippen molar-refractivity contribution in [1.29, 1.82) is 0 Å². The van der Waals surface area contributed by atoms with Crippen LogP contribution in [0.25, 0.3) is 0 Å². The summed E-state index contributed by atoms with van der Waals surface area (Å²) in [4.78, 5) is 5.71. The fourth-order valence-electron chi connectivity index (χ4n) is 2.03. The molecular weight excluding hydrogens is 275 g/mol. The molecule has 0 spiro atoms. The maximum absolute atomic E-state index is 12.7. The highest BCUT2D eigenvalue weighted by Gasteiger charge is 2.33. The average Bonchev–Trinajstić information content (AvgIpc) is 2.65. The van der Waals surface area contributed by atoms with E-state index < -0.39 is 11.9 Å². The molecule has 0 atom stereocenters. The van der Waals surface area contributed by atoms with Gasteiger partial charge in [0.1, 0.15) is 11.5 Å². The number of thioether (sulfide) groups is 1. The number of nitrogens with two attached hydrogens (primary N) is 1. The Morgan fingerprint density at radius 1 is 1.26 bits per heavy atom. The van der Waals surface area contributed by atoms with E-state index in [0.717, 1.165) is 30.5 Å². The molecule has 106 valence electrons. The van der Waals surface area contributed by atoms with Gasteiger partial charge in [0.05, 0.1) is 0 Å². The lowest BCUT2D eigenvalue weighted by molar-refractivity contribution is -0.141. The minimum absolute atomic E-state index is 0.199. The Labute approximate surface area is 114 Å². The quantitative estimate of drug-likeness (QED) is 0.909. The maximum atomic E-state index is 12.7. The number of halogens is 3. The summed E-state index contributed by atoms with van der Waals surface area (Å²) in [5, 5.41) is 0. The van der Waals surface area contributed by atoms with Crippen molar-refractivity contribution < 1.29 is 13.2 Å². The Kier molecular flexibility index (Phi) is 4.57. The van der Waals surface area contributed by atoms with Crippen LogP contribution in [0.4, 0.5) is 19.0 Å². The second-order valence-corrected chi connectivity index (χ2v) is 5.56. The molecule has 2 heterocycles. The molecule has 0 amide bonds. The van der Waals surface area contributed by atoms with E-state index in [2.05, 4.69) is 4.98 Å². The van der Waals surface area contributed by atoms with Crippen LogP contribution in [0.1, 0.15) is 17.7 Å². The van der Waals surface area contributed by atoms with E-state index in [1.54, 1.807) is 0 Å². The van der Waals surface area contributed by atoms with Crippen molar-refractivity contribution in [2.75, 3.05) is 29.5 Å². The molecule has 3 nitrogen and oxygen atoms in total. The van der Waals surface area contributed by atoms with Gasteiger partial charge in [0.25, 0.3) is 0 Å². The molecule has 1 saturated heterocycles. The largest absolute Gasteiger partial charge is 0.433 e. The number of nitrogens with zero attached hydrogens (tertiary/aromatic N) is 2. The van der Waals surface area contributed by atoms with Gasteiger partial charge in [-0.3, -0.25) is 0 Å². The van der Waals surface area contributed by atoms with Gasteiger partial charge in [-0.2, -0.15) is 24.9 Å². The Bertz CT molecular complexity index is 429. The SMILES string of the molecule is NCc1ccc(C(F)(F)F)nc1N1CCCSCC1. The standard InChI is InChI=1S/C12H16F3N3S/c13-12(14,15)10-3-2-9(8-16)11(17-10)18-4-1-6-19-7-5-18/h2-3H,1,4-8,16H2. The molecule has 0 aliphatic carbocycles. The van der Waals surface area contributed by atoms with Crippen LogP contribution in [0, 0.1) is 0 Å². The smallest absolute Gasteiger partial charge is 0.355 e. The maximum Gasteiger partial charge on any atom is 0.433 e. The lowest BCUT2D eigenvalue weighted by Gasteiger charge is -2.24. The third kappa shape index (κ3) is 3.54. The van der Waals surface area contributed by atoms with Gasteiger partial charge >= 0.3 is 6.18 Å². The first-order valence-corrected chi connectivity index (χ1v) is 7.27. The fraction of sp³-hybridized carbons (Fsp3) is 0.583. The third-order valence-corrected chi connectivity index (χ3v) is 4.04. The van der Waals surface area contributed by atoms with Crippen LogP contribution in [0.15, 0.2) is 12.1 Å². The summed E-state index contributed by atoms with van der Waals surface area (Å²) in [6.07, 6.45) is -3.46. The summed E-state index contributed by atoms with van der Waals surface area (Å²) >= 11 is 1.81. The van der Waals surface area contributed by atoms with Crippen molar-refractivity contribution in [2.24, 2.45) is 5.73 Å². The topological polar surface area (TPSA) is 42.1 Å². The number of anilines is 1. The molecule has 7 heteroatoms. The van der Waals surface area contributed by atoms with E-state index in [0.29, 0.717) is 17.9 Å². The molecule has 0 aromatic carbocycles. The summed E-state index contributed by atoms with van der Waals surface area (Å²) in [5.74, 6) is 2.33. The summed E-state index contributed by atoms with van der Waals surface area (Å²) < 4.78 is 38.2. The first kappa shape index (κ1) is 14.5. The molecule has 19 heavy (non-hydrogen) atoms. The summed E-state index contributed by atoms with van der Waals surface area (Å²) in [5.41, 5.74) is 5.42. The number of hydrogen-bond donors (Lipinski definition) is 1. The van der Waals surface area contributed by atoms with Crippen LogP contribution >= 0.6 is 11.8 Å². The van der Waals surface area contributed by atoms with E-state index in [1.165, 1.54) is 6.07 Å². The first-order chi connectivity index (χ1) is 9.02. The van der Waals surface area contributed by atoms with Gasteiger partial charge in [0.15, 0.2) is 0 Å². The third-order valence-electron chi connectivity index (χ3n) is 2.99. The molecule has 1 aromatic heterocycles. The summed E-state index contributed by atoms with van der Waals surface area (Å²) in [7, 11) is 0. The van der Waals surface area contributed by atoms with Gasteiger partial charge in [-0.25, -0.2) is 4.98 Å². The van der Waals surface area contributed by atoms with Crippen molar-refractivity contribution in [2.45, 2.75) is 19.1 Å². The molecular formula is C12H16F3N3S. The fourth-order valence-corrected chi connectivity index (χ4v) is 2.91. The number of pyridine rings is 1. The van der Waals surface area contributed by atoms with E-state index in [9.17, 15) is 13.2 Å². The molecule has 0 bridgehead atoms. The predicted octanol–water partition coefficient (Wildman–Crippen LogP) is 2.50. The van der Waals surface area contributed by atoms with Gasteiger partial charge in [-0.1, -0.05) is 6.07 Å². The zero-order chi connectivity index (χ0) is 13.9. The molecule has 2 rings (SSSR count). The van der Waals surface area contributed by atoms with E-state index in [1.807, 2.05) is 16.7 Å². The van der Waals surface area contributed by atoms with Crippen molar-refractivity contribution in [3.05, 3.63) is 23.4 Å². The van der Waals surface area contributed by atoms with Crippen LogP contribution in [-0.4, -0.2) is 29.6 Å². The molecule has 1 fully saturated rings. The van der Waals surface area contributed by atoms with E-state index in [-0.39, 0.29) is 6.54 Å². The molecule has 2 N–H and O–H groups in total. The predicted molar refractivity (Wildman–Crippen MR) is 71.3 cm³/mol. The lowest BCUT2D eigenvalue weighted by Crippen LogP contribution is -2.29. The Morgan fingerprint density at radius 2 is 2.05 bits per heavy atom. The second kappa shape index (κ2) is 6.00. The minimum atomic E-state index is -4.41. The van der Waals surface area contributed by atoms with Gasteiger partial charge in [0.2, 0.25) is 0 Å². The summed E-state index contributed by atoms with van der Waals surface area (Å²) in [6, 6.07) is 2.43.